The van der Waals surface area contributed by atoms with Crippen molar-refractivity contribution in [3.05, 3.63) is 93.2 Å². The van der Waals surface area contributed by atoms with E-state index < -0.39 is 17.1 Å². The van der Waals surface area contributed by atoms with Gasteiger partial charge in [-0.1, -0.05) is 30.3 Å². The van der Waals surface area contributed by atoms with E-state index in [1.54, 1.807) is 17.0 Å². The highest BCUT2D eigenvalue weighted by Crippen LogP contribution is 2.36. The van der Waals surface area contributed by atoms with Crippen molar-refractivity contribution in [3.63, 3.8) is 0 Å². The molecular formula is C27H26N2O6. The number of phenols is 1. The number of rotatable bonds is 6. The third-order valence-electron chi connectivity index (χ3n) is 6.49. The Bertz CT molecular complexity index is 1450. The standard InChI is InChI=1S/C27H26N2O6/c1-34-15-18-12-24(31)26(33)27(35-18)21(16-5-4-6-17(30)11-16)13-25(32)29-10-9-20-19-7-2-3-8-22(19)28-23(20)14-29/h2-8,11-12,21,28,30,33H,9-10,13-15H2,1H3/t21-/m1/s1. The van der Waals surface area contributed by atoms with Crippen LogP contribution >= 0.6 is 0 Å². The Morgan fingerprint density at radius 3 is 2.80 bits per heavy atom. The van der Waals surface area contributed by atoms with Gasteiger partial charge in [0.25, 0.3) is 0 Å². The van der Waals surface area contributed by atoms with E-state index in [-0.39, 0.29) is 36.2 Å². The van der Waals surface area contributed by atoms with Crippen LogP contribution in [0, 0.1) is 0 Å². The molecule has 0 unspecified atom stereocenters. The number of nitrogens with zero attached hydrogens (tertiary/aromatic N) is 1. The summed E-state index contributed by atoms with van der Waals surface area (Å²) < 4.78 is 10.9. The number of benzene rings is 2. The minimum absolute atomic E-state index is 0.00974. The van der Waals surface area contributed by atoms with E-state index in [2.05, 4.69) is 11.1 Å². The zero-order valence-corrected chi connectivity index (χ0v) is 19.3. The molecular weight excluding hydrogens is 448 g/mol. The summed E-state index contributed by atoms with van der Waals surface area (Å²) in [4.78, 5) is 31.1. The Labute approximate surface area is 201 Å². The first-order chi connectivity index (χ1) is 16.9. The van der Waals surface area contributed by atoms with Gasteiger partial charge in [0, 0.05) is 42.7 Å². The second kappa shape index (κ2) is 9.31. The van der Waals surface area contributed by atoms with Crippen molar-refractivity contribution in [2.75, 3.05) is 13.7 Å². The van der Waals surface area contributed by atoms with Gasteiger partial charge in [-0.2, -0.15) is 0 Å². The largest absolute Gasteiger partial charge is 0.508 e. The molecule has 1 aliphatic rings. The molecule has 0 fully saturated rings. The molecule has 0 saturated heterocycles. The van der Waals surface area contributed by atoms with Crippen molar-refractivity contribution < 1.29 is 24.2 Å². The maximum Gasteiger partial charge on any atom is 0.227 e. The molecule has 2 aromatic carbocycles. The fourth-order valence-electron chi connectivity index (χ4n) is 4.82. The van der Waals surface area contributed by atoms with E-state index in [1.165, 1.54) is 36.3 Å². The summed E-state index contributed by atoms with van der Waals surface area (Å²) in [5.41, 5.74) is 3.22. The van der Waals surface area contributed by atoms with E-state index >= 15 is 0 Å². The minimum atomic E-state index is -0.775. The van der Waals surface area contributed by atoms with Crippen molar-refractivity contribution in [1.82, 2.24) is 9.88 Å². The molecule has 3 N–H and O–H groups in total. The van der Waals surface area contributed by atoms with E-state index in [1.807, 2.05) is 18.2 Å². The number of aromatic amines is 1. The van der Waals surface area contributed by atoms with E-state index in [4.69, 9.17) is 9.15 Å². The number of phenolic OH excluding ortho intramolecular Hbond substituents is 1. The van der Waals surface area contributed by atoms with Crippen LogP contribution in [0.1, 0.15) is 40.7 Å². The van der Waals surface area contributed by atoms with Crippen molar-refractivity contribution in [1.29, 1.82) is 0 Å². The topological polar surface area (TPSA) is 116 Å². The first kappa shape index (κ1) is 22.7. The van der Waals surface area contributed by atoms with Crippen LogP contribution in [0.25, 0.3) is 10.9 Å². The number of para-hydroxylation sites is 1. The molecule has 1 amide bonds. The van der Waals surface area contributed by atoms with Gasteiger partial charge in [-0.05, 0) is 35.7 Å². The summed E-state index contributed by atoms with van der Waals surface area (Å²) in [7, 11) is 1.47. The van der Waals surface area contributed by atoms with Crippen LogP contribution in [0.3, 0.4) is 0 Å². The van der Waals surface area contributed by atoms with Gasteiger partial charge in [0.15, 0.2) is 5.76 Å². The average molecular weight is 475 g/mol. The van der Waals surface area contributed by atoms with Crippen LogP contribution in [0.2, 0.25) is 0 Å². The van der Waals surface area contributed by atoms with Crippen LogP contribution in [0.15, 0.2) is 63.8 Å². The monoisotopic (exact) mass is 474 g/mol. The number of carbonyl (C=O) groups is 1. The first-order valence-corrected chi connectivity index (χ1v) is 11.4. The molecule has 2 aromatic heterocycles. The number of nitrogens with one attached hydrogen (secondary N) is 1. The number of carbonyl (C=O) groups excluding carboxylic acids is 1. The summed E-state index contributed by atoms with van der Waals surface area (Å²) in [6.45, 7) is 1.04. The van der Waals surface area contributed by atoms with Gasteiger partial charge >= 0.3 is 0 Å². The van der Waals surface area contributed by atoms with Crippen LogP contribution in [0.4, 0.5) is 0 Å². The maximum absolute atomic E-state index is 13.5. The molecule has 4 aromatic rings. The Hall–Kier alpha value is -4.04. The Balaban J connectivity index is 1.48. The van der Waals surface area contributed by atoms with Crippen molar-refractivity contribution in [2.24, 2.45) is 0 Å². The predicted molar refractivity (Wildman–Crippen MR) is 129 cm³/mol. The third-order valence-corrected chi connectivity index (χ3v) is 6.49. The highest BCUT2D eigenvalue weighted by Gasteiger charge is 2.30. The quantitative estimate of drug-likeness (QED) is 0.392. The summed E-state index contributed by atoms with van der Waals surface area (Å²) in [6.07, 6.45) is 0.678. The molecule has 0 saturated carbocycles. The fraction of sp³-hybridized carbons (Fsp3) is 0.259. The highest BCUT2D eigenvalue weighted by molar-refractivity contribution is 5.86. The van der Waals surface area contributed by atoms with Crippen molar-refractivity contribution in [2.45, 2.75) is 31.9 Å². The van der Waals surface area contributed by atoms with E-state index in [0.717, 1.165) is 17.6 Å². The van der Waals surface area contributed by atoms with Gasteiger partial charge < -0.3 is 29.3 Å². The summed E-state index contributed by atoms with van der Waals surface area (Å²) in [5, 5.41) is 21.8. The molecule has 0 spiro atoms. The first-order valence-electron chi connectivity index (χ1n) is 11.4. The summed E-state index contributed by atoms with van der Waals surface area (Å²) >= 11 is 0. The predicted octanol–water partition coefficient (Wildman–Crippen LogP) is 3.79. The number of hydrogen-bond acceptors (Lipinski definition) is 6. The summed E-state index contributed by atoms with van der Waals surface area (Å²) in [6, 6.07) is 15.7. The van der Waals surface area contributed by atoms with E-state index in [9.17, 15) is 19.8 Å². The lowest BCUT2D eigenvalue weighted by atomic mass is 9.91. The number of ether oxygens (including phenoxy) is 1. The molecule has 180 valence electrons. The van der Waals surface area contributed by atoms with Crippen LogP contribution < -0.4 is 5.43 Å². The van der Waals surface area contributed by atoms with Gasteiger partial charge in [0.2, 0.25) is 17.1 Å². The fourth-order valence-corrected chi connectivity index (χ4v) is 4.82. The molecule has 8 heteroatoms. The molecule has 0 bridgehead atoms. The van der Waals surface area contributed by atoms with Crippen molar-refractivity contribution >= 4 is 16.8 Å². The van der Waals surface area contributed by atoms with Crippen LogP contribution in [-0.4, -0.2) is 39.7 Å². The smallest absolute Gasteiger partial charge is 0.227 e. The van der Waals surface area contributed by atoms with Crippen LogP contribution in [0.5, 0.6) is 11.5 Å². The number of aromatic hydroxyl groups is 2. The second-order valence-corrected chi connectivity index (χ2v) is 8.77. The highest BCUT2D eigenvalue weighted by atomic mass is 16.5. The lowest BCUT2D eigenvalue weighted by Crippen LogP contribution is -2.36. The van der Waals surface area contributed by atoms with Gasteiger partial charge in [-0.25, -0.2) is 0 Å². The molecule has 3 heterocycles. The maximum atomic E-state index is 13.5. The Morgan fingerprint density at radius 1 is 1.17 bits per heavy atom. The molecule has 1 aliphatic heterocycles. The average Bonchev–Trinajstić information content (AvgIpc) is 3.23. The summed E-state index contributed by atoms with van der Waals surface area (Å²) in [5.74, 6) is -1.25. The van der Waals surface area contributed by atoms with E-state index in [0.29, 0.717) is 18.7 Å². The lowest BCUT2D eigenvalue weighted by molar-refractivity contribution is -0.132. The zero-order valence-electron chi connectivity index (χ0n) is 19.3. The minimum Gasteiger partial charge on any atom is -0.508 e. The molecule has 8 nitrogen and oxygen atoms in total. The Morgan fingerprint density at radius 2 is 2.00 bits per heavy atom. The molecule has 35 heavy (non-hydrogen) atoms. The van der Waals surface area contributed by atoms with Gasteiger partial charge in [0.1, 0.15) is 18.1 Å². The van der Waals surface area contributed by atoms with Gasteiger partial charge in [0.05, 0.1) is 12.5 Å². The number of methoxy groups -OCH3 is 1. The number of fused-ring (bicyclic) bond motifs is 3. The number of H-pyrrole nitrogens is 1. The molecule has 1 atom stereocenters. The van der Waals surface area contributed by atoms with Gasteiger partial charge in [-0.3, -0.25) is 9.59 Å². The van der Waals surface area contributed by atoms with Gasteiger partial charge in [-0.15, -0.1) is 0 Å². The second-order valence-electron chi connectivity index (χ2n) is 8.77. The molecule has 5 rings (SSSR count). The Kier molecular flexibility index (Phi) is 6.05. The van der Waals surface area contributed by atoms with Crippen LogP contribution in [-0.2, 0) is 29.1 Å². The number of amides is 1. The zero-order chi connectivity index (χ0) is 24.5. The molecule has 0 radical (unpaired) electrons. The normalized spacial score (nSPS) is 14.1. The number of aromatic nitrogens is 1. The third kappa shape index (κ3) is 4.40. The number of hydrogen-bond donors (Lipinski definition) is 3. The SMILES string of the molecule is COCc1cc(=O)c(O)c([C@H](CC(=O)N2CCc3c([nH]c4ccccc34)C2)c2cccc(O)c2)o1. The van der Waals surface area contributed by atoms with Crippen molar-refractivity contribution in [3.8, 4) is 11.5 Å². The molecule has 0 aliphatic carbocycles. The lowest BCUT2D eigenvalue weighted by Gasteiger charge is -2.29.